The standard InChI is InChI=1S/C26H34N8O5/c1-16(2)22(33-23(36)19-9-5-17(6-10-19)14-30-34-28)25(38)32-21(4-3-13-29-26(27)39)24(37)31-20-11-7-18(15-35)8-12-20/h5-12,16,21-22,35H,3-4,13-15H2,1-2H3,(H,31,37)(H,32,38)(H,33,36)(H3,27,29,39)/t21?,22-/m0/s1. The van der Waals surface area contributed by atoms with Crippen LogP contribution in [0.1, 0.15) is 48.2 Å². The second kappa shape index (κ2) is 15.6. The van der Waals surface area contributed by atoms with Crippen molar-refractivity contribution in [2.24, 2.45) is 16.8 Å². The quantitative estimate of drug-likeness (QED) is 0.0922. The Hall–Kier alpha value is -4.61. The minimum absolute atomic E-state index is 0.137. The number of nitrogens with two attached hydrogens (primary N) is 1. The van der Waals surface area contributed by atoms with Crippen molar-refractivity contribution in [3.05, 3.63) is 75.7 Å². The fraction of sp³-hybridized carbons (Fsp3) is 0.385. The van der Waals surface area contributed by atoms with E-state index in [-0.39, 0.29) is 32.0 Å². The molecule has 0 aliphatic rings. The third-order valence-electron chi connectivity index (χ3n) is 5.77. The zero-order valence-corrected chi connectivity index (χ0v) is 21.9. The zero-order valence-electron chi connectivity index (χ0n) is 21.9. The van der Waals surface area contributed by atoms with Crippen molar-refractivity contribution < 1.29 is 24.3 Å². The summed E-state index contributed by atoms with van der Waals surface area (Å²) >= 11 is 0. The largest absolute Gasteiger partial charge is 0.392 e. The van der Waals surface area contributed by atoms with Gasteiger partial charge in [0.1, 0.15) is 12.1 Å². The first-order valence-corrected chi connectivity index (χ1v) is 12.4. The summed E-state index contributed by atoms with van der Waals surface area (Å²) in [5.41, 5.74) is 15.7. The molecule has 208 valence electrons. The van der Waals surface area contributed by atoms with Crippen LogP contribution in [0.5, 0.6) is 0 Å². The number of urea groups is 1. The summed E-state index contributed by atoms with van der Waals surface area (Å²) in [6.07, 6.45) is 0.545. The molecule has 0 saturated carbocycles. The number of azide groups is 1. The third-order valence-corrected chi connectivity index (χ3v) is 5.77. The smallest absolute Gasteiger partial charge is 0.312 e. The molecule has 39 heavy (non-hydrogen) atoms. The minimum atomic E-state index is -0.970. The predicted octanol–water partition coefficient (Wildman–Crippen LogP) is 2.32. The topological polar surface area (TPSA) is 211 Å². The lowest BCUT2D eigenvalue weighted by Crippen LogP contribution is -2.54. The SMILES string of the molecule is CC(C)[C@H](NC(=O)c1ccc(CN=[N+]=[N-])cc1)C(=O)NC(CCCNC(N)=O)C(=O)Nc1ccc(CO)cc1. The summed E-state index contributed by atoms with van der Waals surface area (Å²) in [6, 6.07) is 10.4. The molecule has 2 rings (SSSR count). The molecule has 0 aliphatic heterocycles. The van der Waals surface area contributed by atoms with Gasteiger partial charge in [-0.1, -0.05) is 43.2 Å². The van der Waals surface area contributed by atoms with Crippen molar-refractivity contribution in [1.82, 2.24) is 16.0 Å². The Balaban J connectivity index is 2.12. The normalized spacial score (nSPS) is 12.0. The molecule has 5 amide bonds. The number of nitrogens with one attached hydrogen (secondary N) is 4. The first-order chi connectivity index (χ1) is 18.6. The van der Waals surface area contributed by atoms with Crippen molar-refractivity contribution >= 4 is 29.4 Å². The maximum Gasteiger partial charge on any atom is 0.312 e. The number of hydrogen-bond donors (Lipinski definition) is 6. The first-order valence-electron chi connectivity index (χ1n) is 12.4. The van der Waals surface area contributed by atoms with Gasteiger partial charge in [0, 0.05) is 22.7 Å². The number of nitrogens with zero attached hydrogens (tertiary/aromatic N) is 3. The van der Waals surface area contributed by atoms with Crippen LogP contribution in [0, 0.1) is 5.92 Å². The minimum Gasteiger partial charge on any atom is -0.392 e. The summed E-state index contributed by atoms with van der Waals surface area (Å²) in [4.78, 5) is 52.9. The number of rotatable bonds is 14. The lowest BCUT2D eigenvalue weighted by molar-refractivity contribution is -0.128. The molecule has 13 nitrogen and oxygen atoms in total. The van der Waals surface area contributed by atoms with Crippen LogP contribution in [-0.2, 0) is 22.7 Å². The molecule has 0 spiro atoms. The van der Waals surface area contributed by atoms with E-state index in [1.165, 1.54) is 0 Å². The highest BCUT2D eigenvalue weighted by atomic mass is 16.3. The fourth-order valence-corrected chi connectivity index (χ4v) is 3.61. The van der Waals surface area contributed by atoms with Crippen molar-refractivity contribution in [2.75, 3.05) is 11.9 Å². The molecule has 0 fully saturated rings. The number of amides is 5. The van der Waals surface area contributed by atoms with Crippen LogP contribution in [0.3, 0.4) is 0 Å². The van der Waals surface area contributed by atoms with Crippen molar-refractivity contribution in [2.45, 2.75) is 51.9 Å². The summed E-state index contributed by atoms with van der Waals surface area (Å²) < 4.78 is 0. The van der Waals surface area contributed by atoms with Crippen LogP contribution >= 0.6 is 0 Å². The maximum atomic E-state index is 13.2. The molecule has 0 radical (unpaired) electrons. The van der Waals surface area contributed by atoms with Gasteiger partial charge in [-0.05, 0) is 59.7 Å². The predicted molar refractivity (Wildman–Crippen MR) is 145 cm³/mol. The van der Waals surface area contributed by atoms with Gasteiger partial charge >= 0.3 is 6.03 Å². The molecular formula is C26H34N8O5. The van der Waals surface area contributed by atoms with Gasteiger partial charge in [-0.15, -0.1) is 0 Å². The van der Waals surface area contributed by atoms with E-state index in [1.807, 2.05) is 0 Å². The van der Waals surface area contributed by atoms with E-state index in [0.29, 0.717) is 23.2 Å². The van der Waals surface area contributed by atoms with Gasteiger partial charge in [0.2, 0.25) is 11.8 Å². The Morgan fingerprint density at radius 1 is 0.974 bits per heavy atom. The third kappa shape index (κ3) is 10.3. The van der Waals surface area contributed by atoms with E-state index < -0.39 is 35.8 Å². The number of anilines is 1. The number of hydrogen-bond acceptors (Lipinski definition) is 6. The van der Waals surface area contributed by atoms with Crippen LogP contribution in [0.4, 0.5) is 10.5 Å². The molecule has 2 aromatic carbocycles. The molecule has 0 heterocycles. The monoisotopic (exact) mass is 538 g/mol. The number of aliphatic hydroxyl groups is 1. The fourth-order valence-electron chi connectivity index (χ4n) is 3.61. The summed E-state index contributed by atoms with van der Waals surface area (Å²) in [6.45, 7) is 3.76. The molecule has 13 heteroatoms. The molecule has 1 unspecified atom stereocenters. The van der Waals surface area contributed by atoms with E-state index in [1.54, 1.807) is 62.4 Å². The summed E-state index contributed by atoms with van der Waals surface area (Å²) in [7, 11) is 0. The highest BCUT2D eigenvalue weighted by molar-refractivity contribution is 6.00. The van der Waals surface area contributed by atoms with Gasteiger partial charge in [-0.3, -0.25) is 14.4 Å². The zero-order chi connectivity index (χ0) is 28.8. The summed E-state index contributed by atoms with van der Waals surface area (Å²) in [5.74, 6) is -1.81. The molecule has 0 saturated heterocycles. The van der Waals surface area contributed by atoms with Gasteiger partial charge in [-0.2, -0.15) is 0 Å². The van der Waals surface area contributed by atoms with Crippen molar-refractivity contribution in [3.63, 3.8) is 0 Å². The van der Waals surface area contributed by atoms with Gasteiger partial charge in [0.05, 0.1) is 13.2 Å². The highest BCUT2D eigenvalue weighted by Crippen LogP contribution is 2.13. The van der Waals surface area contributed by atoms with Gasteiger partial charge in [0.15, 0.2) is 0 Å². The van der Waals surface area contributed by atoms with E-state index in [0.717, 1.165) is 5.56 Å². The van der Waals surface area contributed by atoms with E-state index in [4.69, 9.17) is 11.3 Å². The Morgan fingerprint density at radius 3 is 2.18 bits per heavy atom. The summed E-state index contributed by atoms with van der Waals surface area (Å²) in [5, 5.41) is 23.3. The Kier molecular flexibility index (Phi) is 12.2. The molecule has 7 N–H and O–H groups in total. The first kappa shape index (κ1) is 30.6. The Morgan fingerprint density at radius 2 is 1.62 bits per heavy atom. The number of carbonyl (C=O) groups is 4. The molecule has 2 atom stereocenters. The second-order valence-corrected chi connectivity index (χ2v) is 9.12. The lowest BCUT2D eigenvalue weighted by atomic mass is 10.0. The Bertz CT molecular complexity index is 1180. The number of carbonyl (C=O) groups excluding carboxylic acids is 4. The van der Waals surface area contributed by atoms with Crippen LogP contribution in [0.15, 0.2) is 53.6 Å². The number of primary amides is 1. The lowest BCUT2D eigenvalue weighted by Gasteiger charge is -2.25. The van der Waals surface area contributed by atoms with Gasteiger partial charge in [-0.25, -0.2) is 4.79 Å². The Labute approximate surface area is 226 Å². The molecule has 0 bridgehead atoms. The van der Waals surface area contributed by atoms with Crippen molar-refractivity contribution in [1.29, 1.82) is 0 Å². The van der Waals surface area contributed by atoms with Crippen LogP contribution < -0.4 is 27.0 Å². The van der Waals surface area contributed by atoms with Gasteiger partial charge in [0.25, 0.3) is 5.91 Å². The van der Waals surface area contributed by atoms with Crippen molar-refractivity contribution in [3.8, 4) is 0 Å². The molecule has 0 aliphatic carbocycles. The van der Waals surface area contributed by atoms with E-state index >= 15 is 0 Å². The molecule has 0 aromatic heterocycles. The average Bonchev–Trinajstić information content (AvgIpc) is 2.92. The average molecular weight is 539 g/mol. The second-order valence-electron chi connectivity index (χ2n) is 9.12. The van der Waals surface area contributed by atoms with Crippen LogP contribution in [0.25, 0.3) is 10.4 Å². The van der Waals surface area contributed by atoms with E-state index in [9.17, 15) is 24.3 Å². The highest BCUT2D eigenvalue weighted by Gasteiger charge is 2.29. The van der Waals surface area contributed by atoms with Gasteiger partial charge < -0.3 is 32.1 Å². The van der Waals surface area contributed by atoms with Crippen LogP contribution in [-0.4, -0.2) is 47.5 Å². The number of benzene rings is 2. The molecular weight excluding hydrogens is 504 g/mol. The van der Waals surface area contributed by atoms with E-state index in [2.05, 4.69) is 31.3 Å². The number of aliphatic hydroxyl groups excluding tert-OH is 1. The van der Waals surface area contributed by atoms with Crippen LogP contribution in [0.2, 0.25) is 0 Å². The maximum absolute atomic E-state index is 13.2. The molecule has 2 aromatic rings.